The highest BCUT2D eigenvalue weighted by molar-refractivity contribution is 9.11. The Kier molecular flexibility index (Phi) is 5.56. The Morgan fingerprint density at radius 2 is 2.00 bits per heavy atom. The highest BCUT2D eigenvalue weighted by Gasteiger charge is 2.11. The summed E-state index contributed by atoms with van der Waals surface area (Å²) in [4.78, 5) is 3.91. The SMILES string of the molecule is CC(C)NCc1cc(Br)c(OCc2ncon2)c(Br)c1. The van der Waals surface area contributed by atoms with Gasteiger partial charge in [0.1, 0.15) is 5.75 Å². The van der Waals surface area contributed by atoms with Gasteiger partial charge in [-0.3, -0.25) is 0 Å². The molecule has 0 spiro atoms. The van der Waals surface area contributed by atoms with Crippen molar-refractivity contribution in [2.24, 2.45) is 0 Å². The summed E-state index contributed by atoms with van der Waals surface area (Å²) in [7, 11) is 0. The van der Waals surface area contributed by atoms with E-state index in [1.807, 2.05) is 12.1 Å². The molecule has 2 aromatic rings. The van der Waals surface area contributed by atoms with Crippen molar-refractivity contribution in [1.82, 2.24) is 15.5 Å². The van der Waals surface area contributed by atoms with Crippen molar-refractivity contribution in [3.05, 3.63) is 38.9 Å². The molecule has 5 nitrogen and oxygen atoms in total. The van der Waals surface area contributed by atoms with Crippen molar-refractivity contribution >= 4 is 31.9 Å². The summed E-state index contributed by atoms with van der Waals surface area (Å²) in [6, 6.07) is 4.51. The Morgan fingerprint density at radius 3 is 2.55 bits per heavy atom. The first kappa shape index (κ1) is 15.5. The summed E-state index contributed by atoms with van der Waals surface area (Å²) >= 11 is 7.04. The zero-order chi connectivity index (χ0) is 14.5. The van der Waals surface area contributed by atoms with Gasteiger partial charge < -0.3 is 14.6 Å². The first-order valence-electron chi connectivity index (χ1n) is 6.15. The molecule has 2 rings (SSSR count). The van der Waals surface area contributed by atoms with Crippen LogP contribution >= 0.6 is 31.9 Å². The van der Waals surface area contributed by atoms with E-state index in [9.17, 15) is 0 Å². The quantitative estimate of drug-likeness (QED) is 0.795. The maximum absolute atomic E-state index is 5.69. The molecule has 0 atom stereocenters. The van der Waals surface area contributed by atoms with E-state index < -0.39 is 0 Å². The maximum atomic E-state index is 5.69. The van der Waals surface area contributed by atoms with Gasteiger partial charge in [-0.25, -0.2) is 0 Å². The lowest BCUT2D eigenvalue weighted by Gasteiger charge is -2.13. The molecule has 20 heavy (non-hydrogen) atoms. The van der Waals surface area contributed by atoms with Crippen LogP contribution in [0.1, 0.15) is 25.2 Å². The Labute approximate surface area is 134 Å². The molecule has 0 unspecified atom stereocenters. The summed E-state index contributed by atoms with van der Waals surface area (Å²) in [5, 5.41) is 7.08. The maximum Gasteiger partial charge on any atom is 0.213 e. The molecule has 0 bridgehead atoms. The third kappa shape index (κ3) is 4.29. The van der Waals surface area contributed by atoms with Gasteiger partial charge in [0.25, 0.3) is 0 Å². The molecule has 0 radical (unpaired) electrons. The molecule has 0 fully saturated rings. The van der Waals surface area contributed by atoms with Crippen LogP contribution in [0.25, 0.3) is 0 Å². The van der Waals surface area contributed by atoms with E-state index in [1.165, 1.54) is 12.0 Å². The number of hydrogen-bond donors (Lipinski definition) is 1. The van der Waals surface area contributed by atoms with Gasteiger partial charge in [-0.2, -0.15) is 4.98 Å². The van der Waals surface area contributed by atoms with E-state index in [-0.39, 0.29) is 6.61 Å². The Morgan fingerprint density at radius 1 is 1.30 bits per heavy atom. The van der Waals surface area contributed by atoms with Gasteiger partial charge in [0, 0.05) is 12.6 Å². The second-order valence-corrected chi connectivity index (χ2v) is 6.27. The molecule has 7 heteroatoms. The molecule has 1 aromatic carbocycles. The van der Waals surface area contributed by atoms with Crippen LogP contribution in [0.3, 0.4) is 0 Å². The normalized spacial score (nSPS) is 11.1. The third-order valence-electron chi connectivity index (χ3n) is 2.53. The van der Waals surface area contributed by atoms with E-state index in [1.54, 1.807) is 0 Å². The van der Waals surface area contributed by atoms with Gasteiger partial charge in [-0.15, -0.1) is 0 Å². The van der Waals surface area contributed by atoms with Crippen molar-refractivity contribution < 1.29 is 9.26 Å². The number of rotatable bonds is 6. The van der Waals surface area contributed by atoms with Crippen LogP contribution in [0, 0.1) is 0 Å². The zero-order valence-electron chi connectivity index (χ0n) is 11.2. The molecule has 0 aliphatic heterocycles. The van der Waals surface area contributed by atoms with Crippen molar-refractivity contribution in [2.45, 2.75) is 33.0 Å². The smallest absolute Gasteiger partial charge is 0.213 e. The Hall–Kier alpha value is -0.920. The highest BCUT2D eigenvalue weighted by atomic mass is 79.9. The molecule has 0 aliphatic rings. The summed E-state index contributed by atoms with van der Waals surface area (Å²) in [6.45, 7) is 5.30. The lowest BCUT2D eigenvalue weighted by Crippen LogP contribution is -2.21. The van der Waals surface area contributed by atoms with Crippen molar-refractivity contribution in [2.75, 3.05) is 0 Å². The third-order valence-corrected chi connectivity index (χ3v) is 3.70. The van der Waals surface area contributed by atoms with Crippen molar-refractivity contribution in [1.29, 1.82) is 0 Å². The largest absolute Gasteiger partial charge is 0.483 e. The fourth-order valence-electron chi connectivity index (χ4n) is 1.57. The van der Waals surface area contributed by atoms with E-state index in [0.29, 0.717) is 11.9 Å². The lowest BCUT2D eigenvalue weighted by molar-refractivity contribution is 0.283. The molecular weight excluding hydrogens is 390 g/mol. The van der Waals surface area contributed by atoms with Crippen LogP contribution in [-0.4, -0.2) is 16.2 Å². The number of aromatic nitrogens is 2. The number of nitrogens with one attached hydrogen (secondary N) is 1. The molecule has 1 heterocycles. The minimum absolute atomic E-state index is 0.261. The molecule has 0 amide bonds. The molecule has 0 aliphatic carbocycles. The molecular formula is C13H15Br2N3O2. The number of ether oxygens (including phenoxy) is 1. The van der Waals surface area contributed by atoms with Gasteiger partial charge in [-0.1, -0.05) is 19.0 Å². The van der Waals surface area contributed by atoms with Crippen LogP contribution < -0.4 is 10.1 Å². The first-order chi connectivity index (χ1) is 9.56. The number of hydrogen-bond acceptors (Lipinski definition) is 5. The standard InChI is InChI=1S/C13H15Br2N3O2/c1-8(2)16-5-9-3-10(14)13(11(15)4-9)19-6-12-17-7-20-18-12/h3-4,7-8,16H,5-6H2,1-2H3. The molecule has 1 N–H and O–H groups in total. The van der Waals surface area contributed by atoms with Crippen LogP contribution in [-0.2, 0) is 13.2 Å². The monoisotopic (exact) mass is 403 g/mol. The van der Waals surface area contributed by atoms with E-state index >= 15 is 0 Å². The van der Waals surface area contributed by atoms with Gasteiger partial charge in [0.15, 0.2) is 6.61 Å². The Balaban J connectivity index is 2.06. The number of halogens is 2. The van der Waals surface area contributed by atoms with E-state index in [4.69, 9.17) is 4.74 Å². The van der Waals surface area contributed by atoms with Gasteiger partial charge in [0.2, 0.25) is 12.2 Å². The first-order valence-corrected chi connectivity index (χ1v) is 7.74. The topological polar surface area (TPSA) is 60.2 Å². The minimum atomic E-state index is 0.261. The fraction of sp³-hybridized carbons (Fsp3) is 0.385. The highest BCUT2D eigenvalue weighted by Crippen LogP contribution is 2.35. The molecule has 0 saturated heterocycles. The van der Waals surface area contributed by atoms with Crippen LogP contribution in [0.2, 0.25) is 0 Å². The fourth-order valence-corrected chi connectivity index (χ4v) is 3.08. The molecule has 1 aromatic heterocycles. The summed E-state index contributed by atoms with van der Waals surface area (Å²) in [6.07, 6.45) is 1.28. The van der Waals surface area contributed by atoms with Gasteiger partial charge in [0.05, 0.1) is 8.95 Å². The number of benzene rings is 1. The summed E-state index contributed by atoms with van der Waals surface area (Å²) in [5.74, 6) is 1.23. The predicted molar refractivity (Wildman–Crippen MR) is 82.4 cm³/mol. The van der Waals surface area contributed by atoms with Gasteiger partial charge >= 0.3 is 0 Å². The molecule has 108 valence electrons. The number of nitrogens with zero attached hydrogens (tertiary/aromatic N) is 2. The van der Waals surface area contributed by atoms with Crippen LogP contribution in [0.15, 0.2) is 32.0 Å². The lowest BCUT2D eigenvalue weighted by atomic mass is 10.2. The van der Waals surface area contributed by atoms with Crippen LogP contribution in [0.4, 0.5) is 0 Å². The second-order valence-electron chi connectivity index (χ2n) is 4.56. The average Bonchev–Trinajstić information content (AvgIpc) is 2.88. The summed E-state index contributed by atoms with van der Waals surface area (Å²) in [5.41, 5.74) is 1.17. The summed E-state index contributed by atoms with van der Waals surface area (Å²) < 4.78 is 12.1. The predicted octanol–water partition coefficient (Wildman–Crippen LogP) is 3.67. The second kappa shape index (κ2) is 7.19. The van der Waals surface area contributed by atoms with Gasteiger partial charge in [-0.05, 0) is 49.6 Å². The zero-order valence-corrected chi connectivity index (χ0v) is 14.4. The van der Waals surface area contributed by atoms with E-state index in [2.05, 4.69) is 65.7 Å². The van der Waals surface area contributed by atoms with Crippen molar-refractivity contribution in [3.8, 4) is 5.75 Å². The molecule has 0 saturated carbocycles. The average molecular weight is 405 g/mol. The van der Waals surface area contributed by atoms with E-state index in [0.717, 1.165) is 21.2 Å². The van der Waals surface area contributed by atoms with Crippen molar-refractivity contribution in [3.63, 3.8) is 0 Å². The Bertz CT molecular complexity index is 536. The minimum Gasteiger partial charge on any atom is -0.483 e. The van der Waals surface area contributed by atoms with Crippen LogP contribution in [0.5, 0.6) is 5.75 Å².